The molecule has 1 aromatic carbocycles. The second kappa shape index (κ2) is 5.16. The third kappa shape index (κ3) is 3.44. The number of hydrogen-bond donors (Lipinski definition) is 2. The number of hydrogen-bond acceptors (Lipinski definition) is 4. The number of nitrogens with one attached hydrogen (secondary N) is 1. The second-order valence-corrected chi connectivity index (χ2v) is 6.89. The van der Waals surface area contributed by atoms with E-state index in [0.29, 0.717) is 12.1 Å². The van der Waals surface area contributed by atoms with Gasteiger partial charge in [0.15, 0.2) is 9.84 Å². The predicted octanol–water partition coefficient (Wildman–Crippen LogP) is 0.914. The summed E-state index contributed by atoms with van der Waals surface area (Å²) in [5.41, 5.74) is 5.35. The molecule has 0 aliphatic carbocycles. The van der Waals surface area contributed by atoms with Crippen molar-refractivity contribution in [3.8, 4) is 0 Å². The van der Waals surface area contributed by atoms with Crippen molar-refractivity contribution in [3.05, 3.63) is 29.6 Å². The van der Waals surface area contributed by atoms with Crippen LogP contribution in [0.25, 0.3) is 0 Å². The van der Waals surface area contributed by atoms with Crippen LogP contribution in [0.5, 0.6) is 0 Å². The molecule has 0 radical (unpaired) electrons. The van der Waals surface area contributed by atoms with E-state index in [1.807, 2.05) is 0 Å². The lowest BCUT2D eigenvalue weighted by atomic mass is 10.1. The number of rotatable bonds is 3. The molecule has 2 rings (SSSR count). The standard InChI is InChI=1S/C12H15FN2O3S/c13-11-4-3-8(6-10(11)12(14)16)15-9-2-1-5-19(17,18)7-9/h3-4,6,9,15H,1-2,5,7H2,(H2,14,16). The third-order valence-corrected chi connectivity index (χ3v) is 4.89. The number of nitrogens with two attached hydrogens (primary N) is 1. The van der Waals surface area contributed by atoms with E-state index in [-0.39, 0.29) is 23.1 Å². The van der Waals surface area contributed by atoms with Crippen molar-refractivity contribution in [2.75, 3.05) is 16.8 Å². The SMILES string of the molecule is NC(=O)c1cc(NC2CCCS(=O)(=O)C2)ccc1F. The summed E-state index contributed by atoms with van der Waals surface area (Å²) >= 11 is 0. The van der Waals surface area contributed by atoms with Crippen LogP contribution in [-0.4, -0.2) is 31.9 Å². The predicted molar refractivity (Wildman–Crippen MR) is 70.2 cm³/mol. The summed E-state index contributed by atoms with van der Waals surface area (Å²) in [6.07, 6.45) is 1.33. The third-order valence-electron chi connectivity index (χ3n) is 3.07. The number of anilines is 1. The minimum Gasteiger partial charge on any atom is -0.381 e. The molecule has 1 saturated heterocycles. The first-order chi connectivity index (χ1) is 8.87. The summed E-state index contributed by atoms with van der Waals surface area (Å²) in [6, 6.07) is 3.69. The number of primary amides is 1. The molecular formula is C12H15FN2O3S. The Hall–Kier alpha value is -1.63. The highest BCUT2D eigenvalue weighted by Crippen LogP contribution is 2.19. The van der Waals surface area contributed by atoms with E-state index in [1.54, 1.807) is 0 Å². The zero-order chi connectivity index (χ0) is 14.0. The van der Waals surface area contributed by atoms with Crippen molar-refractivity contribution in [3.63, 3.8) is 0 Å². The van der Waals surface area contributed by atoms with E-state index < -0.39 is 21.6 Å². The first-order valence-corrected chi connectivity index (χ1v) is 7.76. The van der Waals surface area contributed by atoms with Crippen LogP contribution in [-0.2, 0) is 9.84 Å². The average Bonchev–Trinajstić information content (AvgIpc) is 2.30. The monoisotopic (exact) mass is 286 g/mol. The Labute approximate surface area is 110 Å². The van der Waals surface area contributed by atoms with E-state index in [1.165, 1.54) is 12.1 Å². The minimum atomic E-state index is -3.01. The van der Waals surface area contributed by atoms with E-state index in [9.17, 15) is 17.6 Å². The Kier molecular flexibility index (Phi) is 3.75. The van der Waals surface area contributed by atoms with Gasteiger partial charge in [-0.3, -0.25) is 4.79 Å². The van der Waals surface area contributed by atoms with Crippen LogP contribution in [0.3, 0.4) is 0 Å². The molecule has 19 heavy (non-hydrogen) atoms. The van der Waals surface area contributed by atoms with Crippen molar-refractivity contribution >= 4 is 21.4 Å². The fourth-order valence-electron chi connectivity index (χ4n) is 2.18. The van der Waals surface area contributed by atoms with Crippen molar-refractivity contribution in [1.82, 2.24) is 0 Å². The maximum atomic E-state index is 13.3. The van der Waals surface area contributed by atoms with E-state index >= 15 is 0 Å². The molecule has 1 amide bonds. The van der Waals surface area contributed by atoms with Gasteiger partial charge in [-0.1, -0.05) is 0 Å². The number of carbonyl (C=O) groups is 1. The Morgan fingerprint density at radius 3 is 2.79 bits per heavy atom. The van der Waals surface area contributed by atoms with E-state index in [0.717, 1.165) is 12.5 Å². The van der Waals surface area contributed by atoms with Gasteiger partial charge >= 0.3 is 0 Å². The minimum absolute atomic E-state index is 0.0519. The smallest absolute Gasteiger partial charge is 0.251 e. The number of benzene rings is 1. The van der Waals surface area contributed by atoms with Crippen molar-refractivity contribution in [2.24, 2.45) is 5.73 Å². The normalized spacial score (nSPS) is 21.8. The van der Waals surface area contributed by atoms with Crippen LogP contribution >= 0.6 is 0 Å². The lowest BCUT2D eigenvalue weighted by Crippen LogP contribution is -2.34. The number of carbonyl (C=O) groups excluding carboxylic acids is 1. The Balaban J connectivity index is 2.15. The Bertz CT molecular complexity index is 601. The fourth-order valence-corrected chi connectivity index (χ4v) is 3.81. The summed E-state index contributed by atoms with van der Waals surface area (Å²) in [7, 11) is -3.01. The molecule has 5 nitrogen and oxygen atoms in total. The molecule has 0 saturated carbocycles. The first kappa shape index (κ1) is 13.8. The van der Waals surface area contributed by atoms with E-state index in [2.05, 4.69) is 5.32 Å². The molecular weight excluding hydrogens is 271 g/mol. The largest absolute Gasteiger partial charge is 0.381 e. The summed E-state index contributed by atoms with van der Waals surface area (Å²) in [6.45, 7) is 0. The van der Waals surface area contributed by atoms with Crippen LogP contribution in [0.4, 0.5) is 10.1 Å². The van der Waals surface area contributed by atoms with Crippen molar-refractivity contribution in [1.29, 1.82) is 0 Å². The summed E-state index contributed by atoms with van der Waals surface area (Å²) in [5, 5.41) is 3.01. The molecule has 0 spiro atoms. The zero-order valence-corrected chi connectivity index (χ0v) is 11.0. The van der Waals surface area contributed by atoms with Crippen LogP contribution in [0.2, 0.25) is 0 Å². The van der Waals surface area contributed by atoms with Crippen molar-refractivity contribution in [2.45, 2.75) is 18.9 Å². The van der Waals surface area contributed by atoms with Gasteiger partial charge in [-0.2, -0.15) is 0 Å². The lowest BCUT2D eigenvalue weighted by Gasteiger charge is -2.24. The number of sulfone groups is 1. The maximum Gasteiger partial charge on any atom is 0.251 e. The van der Waals surface area contributed by atoms with Gasteiger partial charge in [0.05, 0.1) is 17.1 Å². The zero-order valence-electron chi connectivity index (χ0n) is 10.2. The molecule has 1 unspecified atom stereocenters. The highest BCUT2D eigenvalue weighted by atomic mass is 32.2. The van der Waals surface area contributed by atoms with Crippen LogP contribution in [0.1, 0.15) is 23.2 Å². The average molecular weight is 286 g/mol. The second-order valence-electron chi connectivity index (χ2n) is 4.66. The van der Waals surface area contributed by atoms with Gasteiger partial charge < -0.3 is 11.1 Å². The summed E-state index contributed by atoms with van der Waals surface area (Å²) in [5.74, 6) is -1.27. The lowest BCUT2D eigenvalue weighted by molar-refractivity contribution is 0.0996. The molecule has 1 aromatic rings. The fraction of sp³-hybridized carbons (Fsp3) is 0.417. The molecule has 7 heteroatoms. The van der Waals surface area contributed by atoms with Gasteiger partial charge in [0, 0.05) is 11.7 Å². The van der Waals surface area contributed by atoms with Gasteiger partial charge in [0.1, 0.15) is 5.82 Å². The number of amides is 1. The summed E-state index contributed by atoms with van der Waals surface area (Å²) in [4.78, 5) is 11.0. The quantitative estimate of drug-likeness (QED) is 0.864. The molecule has 0 aromatic heterocycles. The Morgan fingerprint density at radius 1 is 1.42 bits per heavy atom. The molecule has 1 heterocycles. The molecule has 1 aliphatic rings. The van der Waals surface area contributed by atoms with Gasteiger partial charge in [0.25, 0.3) is 5.91 Å². The molecule has 1 aliphatic heterocycles. The van der Waals surface area contributed by atoms with Crippen LogP contribution in [0, 0.1) is 5.82 Å². The van der Waals surface area contributed by atoms with Crippen LogP contribution < -0.4 is 11.1 Å². The maximum absolute atomic E-state index is 13.3. The number of halogens is 1. The van der Waals surface area contributed by atoms with Gasteiger partial charge in [-0.15, -0.1) is 0 Å². The Morgan fingerprint density at radius 2 is 2.16 bits per heavy atom. The first-order valence-electron chi connectivity index (χ1n) is 5.94. The highest BCUT2D eigenvalue weighted by Gasteiger charge is 2.24. The molecule has 0 bridgehead atoms. The van der Waals surface area contributed by atoms with Gasteiger partial charge in [-0.05, 0) is 31.0 Å². The van der Waals surface area contributed by atoms with Gasteiger partial charge in [0.2, 0.25) is 0 Å². The topological polar surface area (TPSA) is 89.3 Å². The molecule has 104 valence electrons. The molecule has 1 atom stereocenters. The van der Waals surface area contributed by atoms with Gasteiger partial charge in [-0.25, -0.2) is 12.8 Å². The highest BCUT2D eigenvalue weighted by molar-refractivity contribution is 7.91. The molecule has 3 N–H and O–H groups in total. The molecule has 1 fully saturated rings. The van der Waals surface area contributed by atoms with Crippen molar-refractivity contribution < 1.29 is 17.6 Å². The van der Waals surface area contributed by atoms with E-state index in [4.69, 9.17) is 5.73 Å². The van der Waals surface area contributed by atoms with Crippen LogP contribution in [0.15, 0.2) is 18.2 Å². The summed E-state index contributed by atoms with van der Waals surface area (Å²) < 4.78 is 36.3.